The van der Waals surface area contributed by atoms with Gasteiger partial charge in [-0.05, 0) is 37.1 Å². The summed E-state index contributed by atoms with van der Waals surface area (Å²) in [5.41, 5.74) is 4.19. The Morgan fingerprint density at radius 2 is 1.68 bits per heavy atom. The van der Waals surface area contributed by atoms with Crippen LogP contribution in [0.15, 0.2) is 53.3 Å². The normalized spacial score (nSPS) is 15.4. The molecule has 1 aliphatic heterocycles. The first-order valence-corrected chi connectivity index (χ1v) is 11.4. The van der Waals surface area contributed by atoms with Gasteiger partial charge in [-0.1, -0.05) is 43.7 Å². The molecule has 0 aliphatic carbocycles. The number of aromatic amines is 1. The van der Waals surface area contributed by atoms with E-state index in [-0.39, 0.29) is 5.43 Å². The van der Waals surface area contributed by atoms with E-state index in [0.717, 1.165) is 73.5 Å². The number of rotatable bonds is 8. The number of fused-ring (bicyclic) bond motifs is 1. The van der Waals surface area contributed by atoms with Gasteiger partial charge in [0.25, 0.3) is 0 Å². The van der Waals surface area contributed by atoms with Crippen molar-refractivity contribution >= 4 is 10.9 Å². The molecule has 0 amide bonds. The van der Waals surface area contributed by atoms with Crippen LogP contribution in [0.1, 0.15) is 36.6 Å². The Hall–Kier alpha value is -2.63. The number of nitrogens with zero attached hydrogens (tertiary/aromatic N) is 2. The van der Waals surface area contributed by atoms with Crippen molar-refractivity contribution in [2.75, 3.05) is 32.8 Å². The average molecular weight is 420 g/mol. The van der Waals surface area contributed by atoms with E-state index in [1.807, 2.05) is 25.1 Å². The Bertz CT molecular complexity index is 1050. The molecule has 3 aromatic rings. The minimum Gasteiger partial charge on any atom is -0.494 e. The maximum absolute atomic E-state index is 13.3. The number of piperazine rings is 1. The van der Waals surface area contributed by atoms with Crippen LogP contribution >= 0.6 is 0 Å². The lowest BCUT2D eigenvalue weighted by atomic mass is 10.1. The van der Waals surface area contributed by atoms with Crippen LogP contribution < -0.4 is 10.2 Å². The van der Waals surface area contributed by atoms with Gasteiger partial charge in [-0.25, -0.2) is 0 Å². The zero-order valence-electron chi connectivity index (χ0n) is 18.7. The number of hydrogen-bond donors (Lipinski definition) is 1. The molecule has 2 aromatic carbocycles. The highest BCUT2D eigenvalue weighted by atomic mass is 16.5. The number of hydrogen-bond acceptors (Lipinski definition) is 4. The minimum atomic E-state index is 0.124. The fraction of sp³-hybridized carbons (Fsp3) is 0.423. The van der Waals surface area contributed by atoms with Gasteiger partial charge in [0.05, 0.1) is 6.61 Å². The van der Waals surface area contributed by atoms with E-state index in [4.69, 9.17) is 4.74 Å². The lowest BCUT2D eigenvalue weighted by Crippen LogP contribution is -2.46. The molecule has 2 heterocycles. The molecule has 4 rings (SSSR count). The van der Waals surface area contributed by atoms with E-state index in [1.54, 1.807) is 0 Å². The van der Waals surface area contributed by atoms with E-state index in [0.29, 0.717) is 13.2 Å². The van der Waals surface area contributed by atoms with Crippen LogP contribution in [0.5, 0.6) is 5.75 Å². The molecular weight excluding hydrogens is 386 g/mol. The molecule has 0 bridgehead atoms. The summed E-state index contributed by atoms with van der Waals surface area (Å²) < 4.78 is 5.82. The Balaban J connectivity index is 1.43. The molecule has 0 spiro atoms. The molecule has 1 N–H and O–H groups in total. The summed E-state index contributed by atoms with van der Waals surface area (Å²) in [6.07, 6.45) is 2.11. The smallest absolute Gasteiger partial charge is 0.194 e. The Kier molecular flexibility index (Phi) is 7.05. The predicted molar refractivity (Wildman–Crippen MR) is 127 cm³/mol. The lowest BCUT2D eigenvalue weighted by molar-refractivity contribution is 0.121. The summed E-state index contributed by atoms with van der Waals surface area (Å²) in [6, 6.07) is 16.4. The first kappa shape index (κ1) is 21.6. The maximum atomic E-state index is 13.3. The van der Waals surface area contributed by atoms with Crippen molar-refractivity contribution in [3.63, 3.8) is 0 Å². The number of pyridine rings is 1. The first-order valence-electron chi connectivity index (χ1n) is 11.4. The summed E-state index contributed by atoms with van der Waals surface area (Å²) in [7, 11) is 0. The second-order valence-corrected chi connectivity index (χ2v) is 8.50. The topological polar surface area (TPSA) is 48.6 Å². The van der Waals surface area contributed by atoms with E-state index in [9.17, 15) is 4.79 Å². The summed E-state index contributed by atoms with van der Waals surface area (Å²) in [5.74, 6) is 0.774. The molecule has 1 aliphatic rings. The van der Waals surface area contributed by atoms with Crippen LogP contribution in [0, 0.1) is 6.92 Å². The van der Waals surface area contributed by atoms with E-state index in [1.165, 1.54) is 5.56 Å². The number of H-pyrrole nitrogens is 1. The number of nitrogens with one attached hydrogen (secondary N) is 1. The molecule has 164 valence electrons. The van der Waals surface area contributed by atoms with Gasteiger partial charge in [-0.15, -0.1) is 0 Å². The molecule has 1 aromatic heterocycles. The zero-order chi connectivity index (χ0) is 21.6. The lowest BCUT2D eigenvalue weighted by Gasteiger charge is -2.34. The van der Waals surface area contributed by atoms with Crippen LogP contribution in [0.25, 0.3) is 10.9 Å². The fourth-order valence-corrected chi connectivity index (χ4v) is 4.22. The van der Waals surface area contributed by atoms with Gasteiger partial charge in [0, 0.05) is 61.4 Å². The van der Waals surface area contributed by atoms with Crippen LogP contribution in [0.4, 0.5) is 0 Å². The molecule has 0 atom stereocenters. The van der Waals surface area contributed by atoms with E-state index >= 15 is 0 Å². The maximum Gasteiger partial charge on any atom is 0.194 e. The number of unbranched alkanes of at least 4 members (excludes halogenated alkanes) is 1. The van der Waals surface area contributed by atoms with Crippen molar-refractivity contribution in [2.45, 2.75) is 39.8 Å². The summed E-state index contributed by atoms with van der Waals surface area (Å²) in [4.78, 5) is 21.6. The van der Waals surface area contributed by atoms with E-state index < -0.39 is 0 Å². The fourth-order valence-electron chi connectivity index (χ4n) is 4.22. The predicted octanol–water partition coefficient (Wildman–Crippen LogP) is 4.33. The van der Waals surface area contributed by atoms with Crippen molar-refractivity contribution in [1.82, 2.24) is 14.8 Å². The number of aryl methyl sites for hydroxylation is 1. The van der Waals surface area contributed by atoms with Crippen molar-refractivity contribution in [2.24, 2.45) is 0 Å². The zero-order valence-corrected chi connectivity index (χ0v) is 18.7. The number of ether oxygens (including phenoxy) is 1. The highest BCUT2D eigenvalue weighted by Gasteiger charge is 2.20. The summed E-state index contributed by atoms with van der Waals surface area (Å²) in [5, 5.41) is 0.720. The Morgan fingerprint density at radius 1 is 0.968 bits per heavy atom. The minimum absolute atomic E-state index is 0.124. The molecule has 0 unspecified atom stereocenters. The molecule has 1 fully saturated rings. The summed E-state index contributed by atoms with van der Waals surface area (Å²) >= 11 is 0. The second kappa shape index (κ2) is 10.1. The highest BCUT2D eigenvalue weighted by molar-refractivity contribution is 5.81. The number of benzene rings is 2. The Labute approximate surface area is 184 Å². The van der Waals surface area contributed by atoms with Gasteiger partial charge < -0.3 is 9.72 Å². The Morgan fingerprint density at radius 3 is 2.39 bits per heavy atom. The van der Waals surface area contributed by atoms with E-state index in [2.05, 4.69) is 52.0 Å². The highest BCUT2D eigenvalue weighted by Crippen LogP contribution is 2.20. The molecule has 31 heavy (non-hydrogen) atoms. The third-order valence-corrected chi connectivity index (χ3v) is 6.15. The van der Waals surface area contributed by atoms with Gasteiger partial charge in [-0.2, -0.15) is 0 Å². The third-order valence-electron chi connectivity index (χ3n) is 6.15. The molecule has 5 nitrogen and oxygen atoms in total. The molecule has 0 saturated carbocycles. The van der Waals surface area contributed by atoms with Crippen LogP contribution in [0.3, 0.4) is 0 Å². The van der Waals surface area contributed by atoms with Crippen LogP contribution in [-0.4, -0.2) is 47.6 Å². The quantitative estimate of drug-likeness (QED) is 0.552. The molecule has 1 saturated heterocycles. The molecule has 5 heteroatoms. The van der Waals surface area contributed by atoms with Gasteiger partial charge in [0.1, 0.15) is 5.75 Å². The van der Waals surface area contributed by atoms with Crippen molar-refractivity contribution in [1.29, 1.82) is 0 Å². The van der Waals surface area contributed by atoms with Crippen molar-refractivity contribution in [3.8, 4) is 5.75 Å². The number of aromatic nitrogens is 1. The third kappa shape index (κ3) is 5.35. The SMILES string of the molecule is CCCCOc1ccc2[nH]c(C)c(CN3CCN(Cc4ccccc4)CC3)c(=O)c2c1. The molecule has 0 radical (unpaired) electrons. The van der Waals surface area contributed by atoms with Crippen molar-refractivity contribution < 1.29 is 4.74 Å². The summed E-state index contributed by atoms with van der Waals surface area (Å²) in [6.45, 7) is 10.5. The van der Waals surface area contributed by atoms with Crippen LogP contribution in [0.2, 0.25) is 0 Å². The van der Waals surface area contributed by atoms with Crippen LogP contribution in [-0.2, 0) is 13.1 Å². The van der Waals surface area contributed by atoms with Gasteiger partial charge in [-0.3, -0.25) is 14.6 Å². The monoisotopic (exact) mass is 419 g/mol. The molecular formula is C26H33N3O2. The van der Waals surface area contributed by atoms with Gasteiger partial charge in [0.15, 0.2) is 5.43 Å². The largest absolute Gasteiger partial charge is 0.494 e. The average Bonchev–Trinajstić information content (AvgIpc) is 2.79. The van der Waals surface area contributed by atoms with Gasteiger partial charge >= 0.3 is 0 Å². The first-order chi connectivity index (χ1) is 15.1. The van der Waals surface area contributed by atoms with Crippen molar-refractivity contribution in [3.05, 3.63) is 75.6 Å². The second-order valence-electron chi connectivity index (χ2n) is 8.50. The van der Waals surface area contributed by atoms with Gasteiger partial charge in [0.2, 0.25) is 0 Å². The standard InChI is InChI=1S/C26H33N3O2/c1-3-4-16-31-22-10-11-25-23(17-22)26(30)24(20(2)27-25)19-29-14-12-28(13-15-29)18-21-8-6-5-7-9-21/h5-11,17H,3-4,12-16,18-19H2,1-2H3,(H,27,30).